The molecule has 0 aromatic heterocycles. The van der Waals surface area contributed by atoms with E-state index in [0.717, 1.165) is 24.0 Å². The Hall–Kier alpha value is -2.26. The molecule has 1 N–H and O–H groups in total. The fraction of sp³-hybridized carbons (Fsp3) is 0.333. The third kappa shape index (κ3) is 2.70. The maximum Gasteiger partial charge on any atom is 0.217 e. The lowest BCUT2D eigenvalue weighted by Gasteiger charge is -2.04. The van der Waals surface area contributed by atoms with Crippen LogP contribution in [0.1, 0.15) is 30.9 Å². The minimum Gasteiger partial charge on any atom is -0.345 e. The standard InChI is InChI=1S/C15H14N2O/c1-12(18)17-10-2-3-13-4-6-14(7-5-13)15(11-16)8-9-15/h4-7H,8-10H2,1H3,(H,17,18). The van der Waals surface area contributed by atoms with Gasteiger partial charge in [-0.05, 0) is 30.5 Å². The van der Waals surface area contributed by atoms with Gasteiger partial charge in [0.05, 0.1) is 18.0 Å². The molecule has 3 heteroatoms. The summed E-state index contributed by atoms with van der Waals surface area (Å²) in [5.41, 5.74) is 1.75. The van der Waals surface area contributed by atoms with E-state index in [1.54, 1.807) is 0 Å². The van der Waals surface area contributed by atoms with Gasteiger partial charge in [-0.2, -0.15) is 5.26 Å². The van der Waals surface area contributed by atoms with Crippen molar-refractivity contribution in [2.75, 3.05) is 6.54 Å². The summed E-state index contributed by atoms with van der Waals surface area (Å²) in [4.78, 5) is 10.6. The topological polar surface area (TPSA) is 52.9 Å². The zero-order chi connectivity index (χ0) is 13.0. The zero-order valence-electron chi connectivity index (χ0n) is 10.3. The summed E-state index contributed by atoms with van der Waals surface area (Å²) in [6, 6.07) is 10.2. The molecule has 0 saturated heterocycles. The van der Waals surface area contributed by atoms with Crippen LogP contribution in [0.25, 0.3) is 0 Å². The van der Waals surface area contributed by atoms with Crippen molar-refractivity contribution in [1.82, 2.24) is 5.32 Å². The molecule has 1 fully saturated rings. The lowest BCUT2D eigenvalue weighted by atomic mass is 9.97. The largest absolute Gasteiger partial charge is 0.345 e. The molecule has 0 atom stereocenters. The van der Waals surface area contributed by atoms with Crippen molar-refractivity contribution >= 4 is 5.91 Å². The average molecular weight is 238 g/mol. The molecule has 2 rings (SSSR count). The van der Waals surface area contributed by atoms with E-state index in [1.807, 2.05) is 24.3 Å². The lowest BCUT2D eigenvalue weighted by Crippen LogP contribution is -2.19. The van der Waals surface area contributed by atoms with Crippen LogP contribution in [-0.4, -0.2) is 12.5 Å². The number of amides is 1. The van der Waals surface area contributed by atoms with Crippen LogP contribution >= 0.6 is 0 Å². The van der Waals surface area contributed by atoms with Crippen molar-refractivity contribution in [3.63, 3.8) is 0 Å². The second kappa shape index (κ2) is 4.94. The summed E-state index contributed by atoms with van der Waals surface area (Å²) in [6.07, 6.45) is 1.91. The van der Waals surface area contributed by atoms with Crippen molar-refractivity contribution in [1.29, 1.82) is 5.26 Å². The maximum absolute atomic E-state index is 10.6. The smallest absolute Gasteiger partial charge is 0.217 e. The van der Waals surface area contributed by atoms with Crippen LogP contribution in [0.5, 0.6) is 0 Å². The molecule has 1 saturated carbocycles. The van der Waals surface area contributed by atoms with Gasteiger partial charge in [-0.15, -0.1) is 0 Å². The van der Waals surface area contributed by atoms with Crippen LogP contribution in [0.3, 0.4) is 0 Å². The van der Waals surface area contributed by atoms with E-state index in [0.29, 0.717) is 6.54 Å². The molecule has 0 bridgehead atoms. The van der Waals surface area contributed by atoms with E-state index in [-0.39, 0.29) is 11.3 Å². The minimum absolute atomic E-state index is 0.0793. The normalized spacial score (nSPS) is 14.9. The highest BCUT2D eigenvalue weighted by molar-refractivity contribution is 5.73. The monoisotopic (exact) mass is 238 g/mol. The van der Waals surface area contributed by atoms with Gasteiger partial charge in [0.15, 0.2) is 0 Å². The van der Waals surface area contributed by atoms with Gasteiger partial charge in [-0.1, -0.05) is 24.0 Å². The van der Waals surface area contributed by atoms with Crippen molar-refractivity contribution in [2.45, 2.75) is 25.2 Å². The molecule has 3 nitrogen and oxygen atoms in total. The molecule has 90 valence electrons. The Bertz CT molecular complexity index is 551. The number of hydrogen-bond donors (Lipinski definition) is 1. The van der Waals surface area contributed by atoms with Crippen molar-refractivity contribution in [3.05, 3.63) is 35.4 Å². The predicted octanol–water partition coefficient (Wildman–Crippen LogP) is 1.73. The lowest BCUT2D eigenvalue weighted by molar-refractivity contribution is -0.118. The SMILES string of the molecule is CC(=O)NCC#Cc1ccc(C2(C#N)CC2)cc1. The van der Waals surface area contributed by atoms with Crippen molar-refractivity contribution in [3.8, 4) is 17.9 Å². The molecule has 1 aromatic rings. The van der Waals surface area contributed by atoms with Crippen molar-refractivity contribution in [2.24, 2.45) is 0 Å². The highest BCUT2D eigenvalue weighted by Gasteiger charge is 2.44. The number of carbonyl (C=O) groups excluding carboxylic acids is 1. The first kappa shape index (κ1) is 12.2. The summed E-state index contributed by atoms with van der Waals surface area (Å²) in [5.74, 6) is 5.76. The van der Waals surface area contributed by atoms with E-state index in [9.17, 15) is 4.79 Å². The molecule has 0 radical (unpaired) electrons. The van der Waals surface area contributed by atoms with Gasteiger partial charge in [-0.25, -0.2) is 0 Å². The van der Waals surface area contributed by atoms with E-state index in [1.165, 1.54) is 6.92 Å². The van der Waals surface area contributed by atoms with Gasteiger partial charge < -0.3 is 5.32 Å². The van der Waals surface area contributed by atoms with E-state index in [4.69, 9.17) is 5.26 Å². The second-order valence-corrected chi connectivity index (χ2v) is 4.48. The number of nitriles is 1. The summed E-state index contributed by atoms with van der Waals surface area (Å²) in [5, 5.41) is 11.7. The third-order valence-corrected chi connectivity index (χ3v) is 3.06. The van der Waals surface area contributed by atoms with E-state index >= 15 is 0 Å². The predicted molar refractivity (Wildman–Crippen MR) is 68.5 cm³/mol. The molecule has 1 aliphatic carbocycles. The first-order chi connectivity index (χ1) is 8.66. The fourth-order valence-corrected chi connectivity index (χ4v) is 1.78. The van der Waals surface area contributed by atoms with Gasteiger partial charge in [0.25, 0.3) is 0 Å². The molecule has 0 aliphatic heterocycles. The molecule has 0 heterocycles. The Morgan fingerprint density at radius 2 is 2.06 bits per heavy atom. The molecular formula is C15H14N2O. The van der Waals surface area contributed by atoms with Gasteiger partial charge in [0.2, 0.25) is 5.91 Å². The van der Waals surface area contributed by atoms with Crippen LogP contribution in [0.15, 0.2) is 24.3 Å². The van der Waals surface area contributed by atoms with Gasteiger partial charge in [0, 0.05) is 12.5 Å². The first-order valence-corrected chi connectivity index (χ1v) is 5.91. The van der Waals surface area contributed by atoms with Crippen LogP contribution in [-0.2, 0) is 10.2 Å². The summed E-state index contributed by atoms with van der Waals surface area (Å²) >= 11 is 0. The second-order valence-electron chi connectivity index (χ2n) is 4.48. The minimum atomic E-state index is -0.234. The Morgan fingerprint density at radius 1 is 1.39 bits per heavy atom. The molecule has 18 heavy (non-hydrogen) atoms. The Balaban J connectivity index is 2.00. The third-order valence-electron chi connectivity index (χ3n) is 3.06. The zero-order valence-corrected chi connectivity index (χ0v) is 10.3. The quantitative estimate of drug-likeness (QED) is 0.798. The van der Waals surface area contributed by atoms with E-state index in [2.05, 4.69) is 23.2 Å². The summed E-state index contributed by atoms with van der Waals surface area (Å²) in [7, 11) is 0. The highest BCUT2D eigenvalue weighted by atomic mass is 16.1. The maximum atomic E-state index is 10.6. The molecular weight excluding hydrogens is 224 g/mol. The number of carbonyl (C=O) groups is 1. The van der Waals surface area contributed by atoms with Crippen LogP contribution in [0.4, 0.5) is 0 Å². The Labute approximate surface area is 107 Å². The number of hydrogen-bond acceptors (Lipinski definition) is 2. The average Bonchev–Trinajstić information content (AvgIpc) is 3.16. The fourth-order valence-electron chi connectivity index (χ4n) is 1.78. The van der Waals surface area contributed by atoms with Gasteiger partial charge in [0.1, 0.15) is 0 Å². The first-order valence-electron chi connectivity index (χ1n) is 5.91. The number of nitrogens with zero attached hydrogens (tertiary/aromatic N) is 1. The van der Waals surface area contributed by atoms with Gasteiger partial charge in [-0.3, -0.25) is 4.79 Å². The molecule has 1 amide bonds. The summed E-state index contributed by atoms with van der Waals surface area (Å²) < 4.78 is 0. The number of rotatable bonds is 2. The van der Waals surface area contributed by atoms with E-state index < -0.39 is 0 Å². The van der Waals surface area contributed by atoms with Crippen LogP contribution in [0, 0.1) is 23.2 Å². The van der Waals surface area contributed by atoms with Crippen LogP contribution < -0.4 is 5.32 Å². The molecule has 1 aromatic carbocycles. The Kier molecular flexibility index (Phi) is 3.35. The molecule has 0 spiro atoms. The van der Waals surface area contributed by atoms with Gasteiger partial charge >= 0.3 is 0 Å². The number of nitrogens with one attached hydrogen (secondary N) is 1. The van der Waals surface area contributed by atoms with Crippen molar-refractivity contribution < 1.29 is 4.79 Å². The van der Waals surface area contributed by atoms with Crippen LogP contribution in [0.2, 0.25) is 0 Å². The Morgan fingerprint density at radius 3 is 2.56 bits per heavy atom. The summed E-state index contributed by atoms with van der Waals surface area (Å²) in [6.45, 7) is 1.83. The molecule has 0 unspecified atom stereocenters. The number of benzene rings is 1. The highest BCUT2D eigenvalue weighted by Crippen LogP contribution is 2.47. The molecule has 1 aliphatic rings.